The van der Waals surface area contributed by atoms with Crippen molar-refractivity contribution in [3.8, 4) is 17.6 Å². The van der Waals surface area contributed by atoms with Gasteiger partial charge in [0.1, 0.15) is 17.1 Å². The monoisotopic (exact) mass is 340 g/mol. The molecule has 2 N–H and O–H groups in total. The van der Waals surface area contributed by atoms with Crippen LogP contribution >= 0.6 is 0 Å². The minimum atomic E-state index is -1.08. The zero-order valence-electron chi connectivity index (χ0n) is 13.6. The molecule has 0 saturated heterocycles. The number of nitrogens with one attached hydrogen (secondary N) is 1. The van der Waals surface area contributed by atoms with Crippen molar-refractivity contribution in [1.82, 2.24) is 0 Å². The van der Waals surface area contributed by atoms with Gasteiger partial charge in [0.15, 0.2) is 6.10 Å². The third-order valence-corrected chi connectivity index (χ3v) is 3.36. The summed E-state index contributed by atoms with van der Waals surface area (Å²) >= 11 is 0. The first-order valence-electron chi connectivity index (χ1n) is 7.33. The number of rotatable bonds is 5. The molecule has 0 radical (unpaired) electrons. The van der Waals surface area contributed by atoms with Gasteiger partial charge in [0.25, 0.3) is 5.91 Å². The van der Waals surface area contributed by atoms with Gasteiger partial charge in [-0.15, -0.1) is 0 Å². The second-order valence-corrected chi connectivity index (χ2v) is 5.11. The highest BCUT2D eigenvalue weighted by molar-refractivity contribution is 5.98. The van der Waals surface area contributed by atoms with E-state index in [9.17, 15) is 14.7 Å². The maximum absolute atomic E-state index is 12.1. The van der Waals surface area contributed by atoms with Crippen LogP contribution in [0.2, 0.25) is 0 Å². The molecule has 0 unspecified atom stereocenters. The van der Waals surface area contributed by atoms with E-state index in [4.69, 9.17) is 14.7 Å². The number of phenols is 1. The number of hydrogen-bond donors (Lipinski definition) is 2. The Morgan fingerprint density at radius 1 is 1.20 bits per heavy atom. The SMILES string of the molecule is COc1ccc(C(=O)O[C@@H](C)C(=O)Nc2ccc(C#N)cc2)c(O)c1. The molecule has 0 aliphatic heterocycles. The fourth-order valence-corrected chi connectivity index (χ4v) is 1.96. The number of hydrogen-bond acceptors (Lipinski definition) is 6. The largest absolute Gasteiger partial charge is 0.507 e. The molecule has 0 aliphatic rings. The standard InChI is InChI=1S/C18H16N2O5/c1-11(17(22)20-13-5-3-12(10-19)4-6-13)25-18(23)15-8-7-14(24-2)9-16(15)21/h3-9,11,21H,1-2H3,(H,20,22)/t11-/m0/s1. The first kappa shape index (κ1) is 17.8. The maximum Gasteiger partial charge on any atom is 0.342 e. The molecule has 0 fully saturated rings. The van der Waals surface area contributed by atoms with Gasteiger partial charge in [-0.2, -0.15) is 5.26 Å². The van der Waals surface area contributed by atoms with E-state index >= 15 is 0 Å². The van der Waals surface area contributed by atoms with Gasteiger partial charge in [-0.3, -0.25) is 4.79 Å². The molecular weight excluding hydrogens is 324 g/mol. The van der Waals surface area contributed by atoms with Gasteiger partial charge in [-0.25, -0.2) is 4.79 Å². The van der Waals surface area contributed by atoms with Gasteiger partial charge < -0.3 is 19.9 Å². The Balaban J connectivity index is 2.00. The molecule has 0 spiro atoms. The van der Waals surface area contributed by atoms with E-state index in [1.54, 1.807) is 24.3 Å². The van der Waals surface area contributed by atoms with Crippen LogP contribution in [-0.4, -0.2) is 30.2 Å². The van der Waals surface area contributed by atoms with Crippen molar-refractivity contribution in [1.29, 1.82) is 5.26 Å². The van der Waals surface area contributed by atoms with E-state index in [0.29, 0.717) is 17.0 Å². The molecule has 0 bridgehead atoms. The third-order valence-electron chi connectivity index (χ3n) is 3.36. The number of nitriles is 1. The summed E-state index contributed by atoms with van der Waals surface area (Å²) in [6, 6.07) is 12.3. The normalized spacial score (nSPS) is 11.1. The number of anilines is 1. The number of ether oxygens (including phenoxy) is 2. The Morgan fingerprint density at radius 3 is 2.44 bits per heavy atom. The van der Waals surface area contributed by atoms with Gasteiger partial charge in [-0.1, -0.05) is 0 Å². The summed E-state index contributed by atoms with van der Waals surface area (Å²) < 4.78 is 10.0. The lowest BCUT2D eigenvalue weighted by atomic mass is 10.2. The molecule has 25 heavy (non-hydrogen) atoms. The van der Waals surface area contributed by atoms with Gasteiger partial charge in [0.2, 0.25) is 0 Å². The number of esters is 1. The Bertz CT molecular complexity index is 824. The summed E-state index contributed by atoms with van der Waals surface area (Å²) in [7, 11) is 1.43. The lowest BCUT2D eigenvalue weighted by molar-refractivity contribution is -0.123. The van der Waals surface area contributed by atoms with Crippen LogP contribution in [-0.2, 0) is 9.53 Å². The maximum atomic E-state index is 12.1. The molecule has 2 aromatic rings. The number of aromatic hydroxyl groups is 1. The van der Waals surface area contributed by atoms with Crippen LogP contribution < -0.4 is 10.1 Å². The van der Waals surface area contributed by atoms with Crippen molar-refractivity contribution >= 4 is 17.6 Å². The topological polar surface area (TPSA) is 109 Å². The number of amides is 1. The van der Waals surface area contributed by atoms with Crippen LogP contribution in [0.3, 0.4) is 0 Å². The van der Waals surface area contributed by atoms with Crippen LogP contribution in [0.5, 0.6) is 11.5 Å². The highest BCUT2D eigenvalue weighted by atomic mass is 16.5. The van der Waals surface area contributed by atoms with Crippen LogP contribution in [0.25, 0.3) is 0 Å². The lowest BCUT2D eigenvalue weighted by Crippen LogP contribution is -2.30. The van der Waals surface area contributed by atoms with Crippen molar-refractivity contribution in [2.45, 2.75) is 13.0 Å². The molecular formula is C18H16N2O5. The number of phenolic OH excluding ortho intramolecular Hbond substituents is 1. The van der Waals surface area contributed by atoms with Crippen molar-refractivity contribution in [2.24, 2.45) is 0 Å². The molecule has 7 nitrogen and oxygen atoms in total. The summed E-state index contributed by atoms with van der Waals surface area (Å²) in [5, 5.41) is 21.1. The van der Waals surface area contributed by atoms with Crippen LogP contribution in [0, 0.1) is 11.3 Å². The Labute approximate surface area is 144 Å². The van der Waals surface area contributed by atoms with Gasteiger partial charge in [-0.05, 0) is 43.3 Å². The van der Waals surface area contributed by atoms with Crippen LogP contribution in [0.1, 0.15) is 22.8 Å². The fraction of sp³-hybridized carbons (Fsp3) is 0.167. The summed E-state index contributed by atoms with van der Waals surface area (Å²) in [6.07, 6.45) is -1.08. The Morgan fingerprint density at radius 2 is 1.88 bits per heavy atom. The molecule has 0 heterocycles. The zero-order chi connectivity index (χ0) is 18.4. The van der Waals surface area contributed by atoms with E-state index in [-0.39, 0.29) is 11.3 Å². The number of methoxy groups -OCH3 is 1. The molecule has 1 atom stereocenters. The third kappa shape index (κ3) is 4.48. The van der Waals surface area contributed by atoms with Crippen LogP contribution in [0.4, 0.5) is 5.69 Å². The number of benzene rings is 2. The first-order chi connectivity index (χ1) is 11.9. The quantitative estimate of drug-likeness (QED) is 0.809. The van der Waals surface area contributed by atoms with Crippen molar-refractivity contribution in [3.63, 3.8) is 0 Å². The molecule has 0 aromatic heterocycles. The van der Waals surface area contributed by atoms with E-state index in [1.807, 2.05) is 6.07 Å². The fourth-order valence-electron chi connectivity index (χ4n) is 1.96. The van der Waals surface area contributed by atoms with Crippen LogP contribution in [0.15, 0.2) is 42.5 Å². The minimum Gasteiger partial charge on any atom is -0.507 e. The van der Waals surface area contributed by atoms with E-state index in [0.717, 1.165) is 0 Å². The van der Waals surface area contributed by atoms with Crippen molar-refractivity contribution in [2.75, 3.05) is 12.4 Å². The van der Waals surface area contributed by atoms with E-state index in [2.05, 4.69) is 5.32 Å². The smallest absolute Gasteiger partial charge is 0.342 e. The number of carbonyl (C=O) groups excluding carboxylic acids is 2. The van der Waals surface area contributed by atoms with Gasteiger partial charge in [0, 0.05) is 11.8 Å². The Hall–Kier alpha value is -3.53. The summed E-state index contributed by atoms with van der Waals surface area (Å²) in [5.74, 6) is -1.28. The molecule has 0 saturated carbocycles. The second-order valence-electron chi connectivity index (χ2n) is 5.11. The van der Waals surface area contributed by atoms with Gasteiger partial charge >= 0.3 is 5.97 Å². The predicted octanol–water partition coefficient (Wildman–Crippen LogP) is 2.46. The number of nitrogens with zero attached hydrogens (tertiary/aromatic N) is 1. The summed E-state index contributed by atoms with van der Waals surface area (Å²) in [6.45, 7) is 1.41. The molecule has 2 rings (SSSR count). The summed E-state index contributed by atoms with van der Waals surface area (Å²) in [4.78, 5) is 24.2. The molecule has 1 amide bonds. The highest BCUT2D eigenvalue weighted by Gasteiger charge is 2.21. The van der Waals surface area contributed by atoms with Gasteiger partial charge in [0.05, 0.1) is 18.7 Å². The minimum absolute atomic E-state index is 0.0705. The first-order valence-corrected chi connectivity index (χ1v) is 7.33. The molecule has 0 aliphatic carbocycles. The average Bonchev–Trinajstić information content (AvgIpc) is 2.61. The molecule has 128 valence electrons. The van der Waals surface area contributed by atoms with Crippen molar-refractivity contribution < 1.29 is 24.2 Å². The lowest BCUT2D eigenvalue weighted by Gasteiger charge is -2.14. The predicted molar refractivity (Wildman–Crippen MR) is 89.3 cm³/mol. The van der Waals surface area contributed by atoms with E-state index < -0.39 is 18.0 Å². The summed E-state index contributed by atoms with van der Waals surface area (Å²) in [5.41, 5.74) is 0.866. The highest BCUT2D eigenvalue weighted by Crippen LogP contribution is 2.24. The second kappa shape index (κ2) is 7.84. The van der Waals surface area contributed by atoms with E-state index in [1.165, 1.54) is 32.2 Å². The Kier molecular flexibility index (Phi) is 5.58. The average molecular weight is 340 g/mol. The molecule has 2 aromatic carbocycles. The van der Waals surface area contributed by atoms with Crippen molar-refractivity contribution in [3.05, 3.63) is 53.6 Å². The zero-order valence-corrected chi connectivity index (χ0v) is 13.6. The molecule has 7 heteroatoms. The number of carbonyl (C=O) groups is 2.